The van der Waals surface area contributed by atoms with Gasteiger partial charge in [-0.2, -0.15) is 0 Å². The van der Waals surface area contributed by atoms with Gasteiger partial charge in [-0.15, -0.1) is 12.4 Å². The Morgan fingerprint density at radius 1 is 1.08 bits per heavy atom. The number of carbonyl (C=O) groups is 2. The van der Waals surface area contributed by atoms with Gasteiger partial charge in [0.05, 0.1) is 5.92 Å². The van der Waals surface area contributed by atoms with Crippen LogP contribution in [0.2, 0.25) is 0 Å². The van der Waals surface area contributed by atoms with Crippen molar-refractivity contribution in [2.24, 2.45) is 11.8 Å². The lowest BCUT2D eigenvalue weighted by Gasteiger charge is -2.30. The Bertz CT molecular complexity index is 622. The number of para-hydroxylation sites is 1. The van der Waals surface area contributed by atoms with Gasteiger partial charge in [-0.25, -0.2) is 0 Å². The van der Waals surface area contributed by atoms with Crippen LogP contribution in [0.3, 0.4) is 0 Å². The summed E-state index contributed by atoms with van der Waals surface area (Å²) in [7, 11) is 0. The van der Waals surface area contributed by atoms with Crippen LogP contribution in [0.4, 0.5) is 5.69 Å². The van der Waals surface area contributed by atoms with Crippen LogP contribution >= 0.6 is 12.4 Å². The maximum atomic E-state index is 13.1. The van der Waals surface area contributed by atoms with Crippen molar-refractivity contribution in [3.05, 3.63) is 29.8 Å². The van der Waals surface area contributed by atoms with Crippen LogP contribution in [0, 0.1) is 11.8 Å². The number of nitrogens with zero attached hydrogens (tertiary/aromatic N) is 1. The molecule has 2 N–H and O–H groups in total. The summed E-state index contributed by atoms with van der Waals surface area (Å²) < 4.78 is 0. The third kappa shape index (κ3) is 3.15. The molecule has 2 fully saturated rings. The summed E-state index contributed by atoms with van der Waals surface area (Å²) >= 11 is 0. The Labute approximate surface area is 148 Å². The van der Waals surface area contributed by atoms with Gasteiger partial charge in [0.2, 0.25) is 11.8 Å². The molecule has 0 spiro atoms. The molecule has 1 unspecified atom stereocenters. The van der Waals surface area contributed by atoms with Crippen molar-refractivity contribution in [1.82, 2.24) is 10.2 Å². The highest BCUT2D eigenvalue weighted by Crippen LogP contribution is 2.35. The molecule has 1 aromatic carbocycles. The molecule has 3 aliphatic heterocycles. The fourth-order valence-electron chi connectivity index (χ4n) is 4.29. The molecule has 1 aromatic rings. The van der Waals surface area contributed by atoms with E-state index in [1.807, 2.05) is 29.2 Å². The maximum Gasteiger partial charge on any atom is 0.230 e. The number of carbonyl (C=O) groups excluding carboxylic acids is 2. The fourth-order valence-corrected chi connectivity index (χ4v) is 4.29. The monoisotopic (exact) mass is 349 g/mol. The van der Waals surface area contributed by atoms with Crippen molar-refractivity contribution in [2.45, 2.75) is 25.2 Å². The molecular formula is C18H24ClN3O2. The number of likely N-dealkylation sites (tertiary alicyclic amines) is 1. The minimum atomic E-state index is -0.323. The molecule has 3 heterocycles. The van der Waals surface area contributed by atoms with E-state index in [4.69, 9.17) is 0 Å². The molecule has 3 atom stereocenters. The van der Waals surface area contributed by atoms with Crippen molar-refractivity contribution in [3.8, 4) is 0 Å². The van der Waals surface area contributed by atoms with Crippen molar-refractivity contribution >= 4 is 29.9 Å². The Morgan fingerprint density at radius 2 is 1.75 bits per heavy atom. The molecule has 4 rings (SSSR count). The van der Waals surface area contributed by atoms with Crippen LogP contribution in [0.5, 0.6) is 0 Å². The molecule has 0 saturated carbocycles. The number of amides is 2. The zero-order valence-corrected chi connectivity index (χ0v) is 14.5. The Kier molecular flexibility index (Phi) is 5.11. The van der Waals surface area contributed by atoms with Gasteiger partial charge in [0, 0.05) is 25.2 Å². The van der Waals surface area contributed by atoms with E-state index in [0.717, 1.165) is 50.3 Å². The average molecular weight is 350 g/mol. The molecule has 0 radical (unpaired) electrons. The third-order valence-corrected chi connectivity index (χ3v) is 5.63. The van der Waals surface area contributed by atoms with E-state index in [0.29, 0.717) is 11.8 Å². The molecular weight excluding hydrogens is 326 g/mol. The van der Waals surface area contributed by atoms with Crippen LogP contribution in [-0.4, -0.2) is 42.9 Å². The van der Waals surface area contributed by atoms with Gasteiger partial charge >= 0.3 is 0 Å². The van der Waals surface area contributed by atoms with Crippen LogP contribution < -0.4 is 10.6 Å². The minimum Gasteiger partial charge on any atom is -0.342 e. The van der Waals surface area contributed by atoms with E-state index in [-0.39, 0.29) is 36.6 Å². The summed E-state index contributed by atoms with van der Waals surface area (Å²) in [6, 6.07) is 7.68. The lowest BCUT2D eigenvalue weighted by Crippen LogP contribution is -2.39. The first-order valence-electron chi connectivity index (χ1n) is 8.60. The quantitative estimate of drug-likeness (QED) is 0.815. The predicted octanol–water partition coefficient (Wildman–Crippen LogP) is 1.99. The van der Waals surface area contributed by atoms with Gasteiger partial charge in [0.1, 0.15) is 0 Å². The van der Waals surface area contributed by atoms with Crippen molar-refractivity contribution in [2.75, 3.05) is 31.5 Å². The molecule has 6 heteroatoms. The SMILES string of the molecule is Cl.O=C1CC(C(=O)N2CC[C@@H]3CNC[C@@H]3CC2)c2ccccc2N1. The summed E-state index contributed by atoms with van der Waals surface area (Å²) in [5.41, 5.74) is 1.75. The topological polar surface area (TPSA) is 61.4 Å². The number of rotatable bonds is 1. The zero-order chi connectivity index (χ0) is 15.8. The number of benzene rings is 1. The van der Waals surface area contributed by atoms with Gasteiger partial charge in [0.15, 0.2) is 0 Å². The normalized spacial score (nSPS) is 28.9. The molecule has 2 amide bonds. The Hall–Kier alpha value is -1.59. The number of nitrogens with one attached hydrogen (secondary N) is 2. The van der Waals surface area contributed by atoms with E-state index in [2.05, 4.69) is 10.6 Å². The highest BCUT2D eigenvalue weighted by Gasteiger charge is 2.36. The smallest absolute Gasteiger partial charge is 0.230 e. The van der Waals surface area contributed by atoms with E-state index in [1.165, 1.54) is 0 Å². The summed E-state index contributed by atoms with van der Waals surface area (Å²) in [6.45, 7) is 3.81. The Morgan fingerprint density at radius 3 is 2.46 bits per heavy atom. The highest BCUT2D eigenvalue weighted by molar-refractivity contribution is 6.01. The summed E-state index contributed by atoms with van der Waals surface area (Å²) in [4.78, 5) is 27.0. The molecule has 3 aliphatic rings. The second kappa shape index (κ2) is 7.11. The third-order valence-electron chi connectivity index (χ3n) is 5.63. The molecule has 130 valence electrons. The number of hydrogen-bond acceptors (Lipinski definition) is 3. The first kappa shape index (κ1) is 17.2. The average Bonchev–Trinajstić information content (AvgIpc) is 2.92. The lowest BCUT2D eigenvalue weighted by atomic mass is 9.89. The van der Waals surface area contributed by atoms with Crippen LogP contribution in [-0.2, 0) is 9.59 Å². The van der Waals surface area contributed by atoms with E-state index in [9.17, 15) is 9.59 Å². The molecule has 0 aliphatic carbocycles. The number of halogens is 1. The number of fused-ring (bicyclic) bond motifs is 2. The van der Waals surface area contributed by atoms with Crippen molar-refractivity contribution < 1.29 is 9.59 Å². The second-order valence-corrected chi connectivity index (χ2v) is 6.97. The van der Waals surface area contributed by atoms with Gasteiger partial charge in [0.25, 0.3) is 0 Å². The second-order valence-electron chi connectivity index (χ2n) is 6.97. The lowest BCUT2D eigenvalue weighted by molar-refractivity contribution is -0.135. The summed E-state index contributed by atoms with van der Waals surface area (Å²) in [6.07, 6.45) is 2.41. The maximum absolute atomic E-state index is 13.1. The molecule has 0 bridgehead atoms. The van der Waals surface area contributed by atoms with E-state index >= 15 is 0 Å². The van der Waals surface area contributed by atoms with Gasteiger partial charge < -0.3 is 15.5 Å². The van der Waals surface area contributed by atoms with Crippen LogP contribution in [0.15, 0.2) is 24.3 Å². The number of anilines is 1. The largest absolute Gasteiger partial charge is 0.342 e. The minimum absolute atomic E-state index is 0. The van der Waals surface area contributed by atoms with Gasteiger partial charge in [-0.1, -0.05) is 18.2 Å². The predicted molar refractivity (Wildman–Crippen MR) is 95.3 cm³/mol. The van der Waals surface area contributed by atoms with E-state index < -0.39 is 0 Å². The van der Waals surface area contributed by atoms with Gasteiger partial charge in [-0.05, 0) is 49.4 Å². The zero-order valence-electron chi connectivity index (χ0n) is 13.7. The fraction of sp³-hybridized carbons (Fsp3) is 0.556. The summed E-state index contributed by atoms with van der Waals surface area (Å²) in [5.74, 6) is 1.15. The Balaban J connectivity index is 0.00000169. The molecule has 0 aromatic heterocycles. The summed E-state index contributed by atoms with van der Waals surface area (Å²) in [5, 5.41) is 6.34. The standard InChI is InChI=1S/C18H23N3O2.ClH/c22-17-9-15(14-3-1-2-4-16(14)20-17)18(23)21-7-5-12-10-19-11-13(12)6-8-21;/h1-4,12-13,15,19H,5-11H2,(H,20,22);1H/t12-,13+,15?;. The van der Waals surface area contributed by atoms with Crippen molar-refractivity contribution in [1.29, 1.82) is 0 Å². The van der Waals surface area contributed by atoms with Gasteiger partial charge in [-0.3, -0.25) is 9.59 Å². The molecule has 2 saturated heterocycles. The molecule has 5 nitrogen and oxygen atoms in total. The molecule has 24 heavy (non-hydrogen) atoms. The van der Waals surface area contributed by atoms with Crippen LogP contribution in [0.25, 0.3) is 0 Å². The van der Waals surface area contributed by atoms with E-state index in [1.54, 1.807) is 0 Å². The first-order chi connectivity index (χ1) is 11.2. The van der Waals surface area contributed by atoms with Crippen LogP contribution in [0.1, 0.15) is 30.7 Å². The van der Waals surface area contributed by atoms with Crippen molar-refractivity contribution in [3.63, 3.8) is 0 Å². The highest BCUT2D eigenvalue weighted by atomic mass is 35.5. The first-order valence-corrected chi connectivity index (χ1v) is 8.60. The number of hydrogen-bond donors (Lipinski definition) is 2.